The van der Waals surface area contributed by atoms with Crippen molar-refractivity contribution in [1.29, 1.82) is 0 Å². The van der Waals surface area contributed by atoms with Crippen molar-refractivity contribution in [3.8, 4) is 23.0 Å². The van der Waals surface area contributed by atoms with E-state index in [0.29, 0.717) is 28.7 Å². The summed E-state index contributed by atoms with van der Waals surface area (Å²) in [5, 5.41) is 3.89. The van der Waals surface area contributed by atoms with Gasteiger partial charge in [-0.05, 0) is 34.1 Å². The largest absolute Gasteiger partial charge is 0.397 e. The van der Waals surface area contributed by atoms with E-state index in [1.54, 1.807) is 30.7 Å². The number of aromatic nitrogens is 4. The van der Waals surface area contributed by atoms with E-state index in [-0.39, 0.29) is 0 Å². The van der Waals surface area contributed by atoms with Gasteiger partial charge in [-0.2, -0.15) is 4.98 Å². The molecule has 0 amide bonds. The topological polar surface area (TPSA) is 90.7 Å². The van der Waals surface area contributed by atoms with Crippen LogP contribution in [0.25, 0.3) is 23.0 Å². The minimum atomic E-state index is 0.361. The zero-order chi connectivity index (χ0) is 13.2. The van der Waals surface area contributed by atoms with Crippen LogP contribution in [0.5, 0.6) is 0 Å². The van der Waals surface area contributed by atoms with Crippen molar-refractivity contribution < 1.29 is 4.52 Å². The Morgan fingerprint density at radius 1 is 1.16 bits per heavy atom. The molecule has 0 atom stereocenters. The second-order valence-corrected chi connectivity index (χ2v) is 4.71. The average molecular weight is 318 g/mol. The molecule has 3 aromatic heterocycles. The minimum absolute atomic E-state index is 0.361. The number of halogens is 1. The van der Waals surface area contributed by atoms with Gasteiger partial charge in [-0.15, -0.1) is 0 Å². The lowest BCUT2D eigenvalue weighted by molar-refractivity contribution is 0.432. The summed E-state index contributed by atoms with van der Waals surface area (Å²) in [6, 6.07) is 5.38. The van der Waals surface area contributed by atoms with Crippen LogP contribution in [0, 0.1) is 0 Å². The second kappa shape index (κ2) is 4.77. The summed E-state index contributed by atoms with van der Waals surface area (Å²) in [5.74, 6) is 0.782. The van der Waals surface area contributed by atoms with Crippen molar-refractivity contribution in [3.05, 3.63) is 41.3 Å². The van der Waals surface area contributed by atoms with E-state index < -0.39 is 0 Å². The number of rotatable bonds is 2. The van der Waals surface area contributed by atoms with Gasteiger partial charge < -0.3 is 10.3 Å². The molecule has 94 valence electrons. The first-order valence-electron chi connectivity index (χ1n) is 5.39. The molecule has 3 heterocycles. The summed E-state index contributed by atoms with van der Waals surface area (Å²) in [5.41, 5.74) is 7.51. The Balaban J connectivity index is 1.97. The minimum Gasteiger partial charge on any atom is -0.397 e. The molecule has 0 unspecified atom stereocenters. The van der Waals surface area contributed by atoms with Gasteiger partial charge in [0.25, 0.3) is 5.89 Å². The van der Waals surface area contributed by atoms with Crippen molar-refractivity contribution in [3.63, 3.8) is 0 Å². The van der Waals surface area contributed by atoms with E-state index in [1.165, 1.54) is 0 Å². The standard InChI is InChI=1S/C12H8BrN5O/c13-8-1-2-10(16-5-8)11-17-12(19-18-11)7-3-9(14)6-15-4-7/h1-6H,14H2. The molecule has 3 rings (SSSR count). The molecule has 0 saturated carbocycles. The zero-order valence-corrected chi connectivity index (χ0v) is 11.2. The Labute approximate surface area is 116 Å². The molecule has 0 aliphatic rings. The van der Waals surface area contributed by atoms with Gasteiger partial charge in [0.2, 0.25) is 5.82 Å². The van der Waals surface area contributed by atoms with Gasteiger partial charge >= 0.3 is 0 Å². The van der Waals surface area contributed by atoms with Crippen molar-refractivity contribution in [1.82, 2.24) is 20.1 Å². The fraction of sp³-hybridized carbons (Fsp3) is 0. The molecule has 2 N–H and O–H groups in total. The van der Waals surface area contributed by atoms with Gasteiger partial charge in [0.05, 0.1) is 11.3 Å². The van der Waals surface area contributed by atoms with E-state index >= 15 is 0 Å². The maximum Gasteiger partial charge on any atom is 0.259 e. The summed E-state index contributed by atoms with van der Waals surface area (Å²) >= 11 is 3.32. The lowest BCUT2D eigenvalue weighted by Crippen LogP contribution is -1.88. The summed E-state index contributed by atoms with van der Waals surface area (Å²) in [4.78, 5) is 12.5. The predicted octanol–water partition coefficient (Wildman–Crippen LogP) is 2.54. The molecule has 0 fully saturated rings. The van der Waals surface area contributed by atoms with Gasteiger partial charge in [-0.25, -0.2) is 0 Å². The van der Waals surface area contributed by atoms with Crippen LogP contribution in [0.2, 0.25) is 0 Å². The molecule has 0 spiro atoms. The van der Waals surface area contributed by atoms with Gasteiger partial charge in [-0.3, -0.25) is 9.97 Å². The Morgan fingerprint density at radius 3 is 2.79 bits per heavy atom. The van der Waals surface area contributed by atoms with Gasteiger partial charge in [0.1, 0.15) is 5.69 Å². The second-order valence-electron chi connectivity index (χ2n) is 3.79. The van der Waals surface area contributed by atoms with E-state index in [0.717, 1.165) is 4.47 Å². The Morgan fingerprint density at radius 2 is 2.05 bits per heavy atom. The maximum absolute atomic E-state index is 5.66. The maximum atomic E-state index is 5.66. The third-order valence-electron chi connectivity index (χ3n) is 2.39. The first-order valence-corrected chi connectivity index (χ1v) is 6.18. The summed E-state index contributed by atoms with van der Waals surface area (Å²) in [6.07, 6.45) is 4.84. The molecule has 7 heteroatoms. The average Bonchev–Trinajstić information content (AvgIpc) is 2.89. The van der Waals surface area contributed by atoms with E-state index in [1.807, 2.05) is 6.07 Å². The van der Waals surface area contributed by atoms with Crippen molar-refractivity contribution >= 4 is 21.6 Å². The van der Waals surface area contributed by atoms with E-state index in [4.69, 9.17) is 10.3 Å². The first kappa shape index (κ1) is 11.8. The molecule has 0 saturated heterocycles. The fourth-order valence-electron chi connectivity index (χ4n) is 1.53. The summed E-state index contributed by atoms with van der Waals surface area (Å²) in [6.45, 7) is 0. The molecule has 0 aromatic carbocycles. The molecule has 6 nitrogen and oxygen atoms in total. The molecule has 19 heavy (non-hydrogen) atoms. The highest BCUT2D eigenvalue weighted by Gasteiger charge is 2.11. The van der Waals surface area contributed by atoms with Crippen LogP contribution in [0.3, 0.4) is 0 Å². The molecular formula is C12H8BrN5O. The highest BCUT2D eigenvalue weighted by molar-refractivity contribution is 9.10. The highest BCUT2D eigenvalue weighted by Crippen LogP contribution is 2.22. The monoisotopic (exact) mass is 317 g/mol. The van der Waals surface area contributed by atoms with Gasteiger partial charge in [0, 0.05) is 23.1 Å². The third kappa shape index (κ3) is 2.45. The Kier molecular flexibility index (Phi) is 2.96. The number of nitrogens with zero attached hydrogens (tertiary/aromatic N) is 4. The number of anilines is 1. The number of hydrogen-bond donors (Lipinski definition) is 1. The predicted molar refractivity (Wildman–Crippen MR) is 72.9 cm³/mol. The summed E-state index contributed by atoms with van der Waals surface area (Å²) < 4.78 is 6.07. The number of nitrogen functional groups attached to an aromatic ring is 1. The van der Waals surface area contributed by atoms with Crippen LogP contribution in [0.15, 0.2) is 45.8 Å². The Hall–Kier alpha value is -2.28. The number of hydrogen-bond acceptors (Lipinski definition) is 6. The normalized spacial score (nSPS) is 10.6. The summed E-state index contributed by atoms with van der Waals surface area (Å²) in [7, 11) is 0. The molecule has 0 bridgehead atoms. The lowest BCUT2D eigenvalue weighted by Gasteiger charge is -1.94. The SMILES string of the molecule is Nc1cncc(-c2nc(-c3ccc(Br)cn3)no2)c1. The highest BCUT2D eigenvalue weighted by atomic mass is 79.9. The van der Waals surface area contributed by atoms with Crippen molar-refractivity contribution in [2.24, 2.45) is 0 Å². The molecule has 0 aliphatic carbocycles. The zero-order valence-electron chi connectivity index (χ0n) is 9.62. The Bertz CT molecular complexity index is 710. The van der Waals surface area contributed by atoms with Crippen LogP contribution >= 0.6 is 15.9 Å². The molecule has 3 aromatic rings. The third-order valence-corrected chi connectivity index (χ3v) is 2.86. The first-order chi connectivity index (χ1) is 9.22. The number of nitrogens with two attached hydrogens (primary N) is 1. The van der Waals surface area contributed by atoms with Crippen LogP contribution in [-0.2, 0) is 0 Å². The van der Waals surface area contributed by atoms with Gasteiger partial charge in [-0.1, -0.05) is 5.16 Å². The molecular weight excluding hydrogens is 310 g/mol. The van der Waals surface area contributed by atoms with Crippen LogP contribution in [0.1, 0.15) is 0 Å². The van der Waals surface area contributed by atoms with Crippen molar-refractivity contribution in [2.75, 3.05) is 5.73 Å². The lowest BCUT2D eigenvalue weighted by atomic mass is 10.2. The molecule has 0 aliphatic heterocycles. The van der Waals surface area contributed by atoms with Crippen LogP contribution in [0.4, 0.5) is 5.69 Å². The fourth-order valence-corrected chi connectivity index (χ4v) is 1.76. The molecule has 0 radical (unpaired) electrons. The quantitative estimate of drug-likeness (QED) is 0.781. The van der Waals surface area contributed by atoms with Crippen LogP contribution < -0.4 is 5.73 Å². The smallest absolute Gasteiger partial charge is 0.259 e. The van der Waals surface area contributed by atoms with Gasteiger partial charge in [0.15, 0.2) is 0 Å². The van der Waals surface area contributed by atoms with E-state index in [2.05, 4.69) is 36.0 Å². The van der Waals surface area contributed by atoms with Crippen molar-refractivity contribution in [2.45, 2.75) is 0 Å². The van der Waals surface area contributed by atoms with Crippen LogP contribution in [-0.4, -0.2) is 20.1 Å². The van der Waals surface area contributed by atoms with E-state index in [9.17, 15) is 0 Å². The number of pyridine rings is 2.